The Morgan fingerprint density at radius 3 is 2.43 bits per heavy atom. The fourth-order valence-corrected chi connectivity index (χ4v) is 1.15. The highest BCUT2D eigenvalue weighted by atomic mass is 16.3. The first-order valence-corrected chi connectivity index (χ1v) is 4.93. The summed E-state index contributed by atoms with van der Waals surface area (Å²) in [5.41, 5.74) is 1.08. The smallest absolute Gasteiger partial charge is 0.0753 e. The van der Waals surface area contributed by atoms with E-state index in [1.54, 1.807) is 0 Å². The Hall–Kier alpha value is -1.15. The van der Waals surface area contributed by atoms with Gasteiger partial charge in [-0.1, -0.05) is 44.2 Å². The van der Waals surface area contributed by atoms with Gasteiger partial charge in [0.1, 0.15) is 0 Å². The van der Waals surface area contributed by atoms with E-state index >= 15 is 0 Å². The Kier molecular flexibility index (Phi) is 4.33. The summed E-state index contributed by atoms with van der Waals surface area (Å²) < 4.78 is 0. The molecular weight excluding hydrogens is 174 g/mol. The first-order chi connectivity index (χ1) is 6.74. The maximum Gasteiger partial charge on any atom is 0.0753 e. The monoisotopic (exact) mass is 191 g/mol. The maximum atomic E-state index is 9.06. The van der Waals surface area contributed by atoms with Crippen LogP contribution in [0.5, 0.6) is 0 Å². The van der Waals surface area contributed by atoms with Crippen molar-refractivity contribution in [3.8, 4) is 0 Å². The van der Waals surface area contributed by atoms with Crippen molar-refractivity contribution >= 4 is 6.21 Å². The first-order valence-electron chi connectivity index (χ1n) is 4.93. The summed E-state index contributed by atoms with van der Waals surface area (Å²) in [4.78, 5) is 4.34. The number of aliphatic hydroxyl groups excluding tert-OH is 1. The summed E-state index contributed by atoms with van der Waals surface area (Å²) in [7, 11) is 0. The van der Waals surface area contributed by atoms with Crippen LogP contribution in [0.25, 0.3) is 0 Å². The molecular formula is C12H17NO. The quantitative estimate of drug-likeness (QED) is 0.726. The van der Waals surface area contributed by atoms with Gasteiger partial charge in [-0.3, -0.25) is 4.99 Å². The number of aliphatic imine (C=N–C) groups is 1. The molecule has 1 atom stereocenters. The third-order valence-corrected chi connectivity index (χ3v) is 2.17. The number of rotatable bonds is 4. The minimum atomic E-state index is 0.00945. The molecule has 0 aliphatic carbocycles. The largest absolute Gasteiger partial charge is 0.394 e. The summed E-state index contributed by atoms with van der Waals surface area (Å²) in [6, 6.07) is 9.94. The van der Waals surface area contributed by atoms with Crippen LogP contribution in [0.15, 0.2) is 35.3 Å². The fraction of sp³-hybridized carbons (Fsp3) is 0.417. The number of nitrogens with zero attached hydrogens (tertiary/aromatic N) is 1. The minimum absolute atomic E-state index is 0.00945. The summed E-state index contributed by atoms with van der Waals surface area (Å²) in [5.74, 6) is 0.375. The van der Waals surface area contributed by atoms with Crippen LogP contribution < -0.4 is 0 Å². The third-order valence-electron chi connectivity index (χ3n) is 2.17. The molecule has 0 amide bonds. The van der Waals surface area contributed by atoms with Crippen molar-refractivity contribution < 1.29 is 5.11 Å². The van der Waals surface area contributed by atoms with Gasteiger partial charge in [0.2, 0.25) is 0 Å². The molecule has 76 valence electrons. The molecule has 14 heavy (non-hydrogen) atoms. The molecule has 0 saturated carbocycles. The van der Waals surface area contributed by atoms with Crippen LogP contribution in [-0.4, -0.2) is 24.0 Å². The second kappa shape index (κ2) is 5.55. The average molecular weight is 191 g/mol. The van der Waals surface area contributed by atoms with Crippen LogP contribution in [0.1, 0.15) is 19.4 Å². The van der Waals surface area contributed by atoms with Crippen LogP contribution in [0.3, 0.4) is 0 Å². The molecule has 0 aliphatic rings. The standard InChI is InChI=1S/C12H17NO/c1-10(2)12(9-14)13-8-11-6-4-3-5-7-11/h3-8,10,12,14H,9H2,1-2H3/t12-/m1/s1. The van der Waals surface area contributed by atoms with Crippen molar-refractivity contribution in [2.75, 3.05) is 6.61 Å². The van der Waals surface area contributed by atoms with Crippen LogP contribution in [-0.2, 0) is 0 Å². The Morgan fingerprint density at radius 2 is 1.93 bits per heavy atom. The van der Waals surface area contributed by atoms with Gasteiger partial charge in [-0.05, 0) is 11.5 Å². The van der Waals surface area contributed by atoms with Gasteiger partial charge in [-0.25, -0.2) is 0 Å². The molecule has 0 fully saturated rings. The van der Waals surface area contributed by atoms with Gasteiger partial charge >= 0.3 is 0 Å². The molecule has 0 aliphatic heterocycles. The Balaban J connectivity index is 2.63. The van der Waals surface area contributed by atoms with E-state index in [4.69, 9.17) is 5.11 Å². The Morgan fingerprint density at radius 1 is 1.29 bits per heavy atom. The van der Waals surface area contributed by atoms with E-state index in [1.807, 2.05) is 36.5 Å². The van der Waals surface area contributed by atoms with Gasteiger partial charge in [0.05, 0.1) is 12.6 Å². The molecule has 0 radical (unpaired) electrons. The third kappa shape index (κ3) is 3.30. The van der Waals surface area contributed by atoms with Gasteiger partial charge < -0.3 is 5.11 Å². The summed E-state index contributed by atoms with van der Waals surface area (Å²) >= 11 is 0. The fourth-order valence-electron chi connectivity index (χ4n) is 1.15. The second-order valence-corrected chi connectivity index (χ2v) is 3.68. The number of hydrogen-bond donors (Lipinski definition) is 1. The molecule has 1 aromatic carbocycles. The van der Waals surface area contributed by atoms with Crippen molar-refractivity contribution in [1.29, 1.82) is 0 Å². The van der Waals surface area contributed by atoms with Crippen LogP contribution in [0, 0.1) is 5.92 Å². The summed E-state index contributed by atoms with van der Waals surface area (Å²) in [6.45, 7) is 4.23. The van der Waals surface area contributed by atoms with E-state index in [9.17, 15) is 0 Å². The normalized spacial score (nSPS) is 13.7. The van der Waals surface area contributed by atoms with Crippen LogP contribution >= 0.6 is 0 Å². The molecule has 2 nitrogen and oxygen atoms in total. The number of hydrogen-bond acceptors (Lipinski definition) is 2. The molecule has 0 aromatic heterocycles. The highest BCUT2D eigenvalue weighted by molar-refractivity contribution is 5.79. The average Bonchev–Trinajstić information content (AvgIpc) is 2.20. The molecule has 1 aromatic rings. The van der Waals surface area contributed by atoms with Crippen molar-refractivity contribution in [2.45, 2.75) is 19.9 Å². The lowest BCUT2D eigenvalue weighted by Gasteiger charge is -2.12. The lowest BCUT2D eigenvalue weighted by atomic mass is 10.1. The second-order valence-electron chi connectivity index (χ2n) is 3.68. The van der Waals surface area contributed by atoms with Crippen molar-refractivity contribution in [3.05, 3.63) is 35.9 Å². The van der Waals surface area contributed by atoms with Gasteiger partial charge in [0, 0.05) is 6.21 Å². The van der Waals surface area contributed by atoms with E-state index < -0.39 is 0 Å². The molecule has 2 heteroatoms. The van der Waals surface area contributed by atoms with Crippen molar-refractivity contribution in [3.63, 3.8) is 0 Å². The van der Waals surface area contributed by atoms with E-state index in [-0.39, 0.29) is 12.6 Å². The highest BCUT2D eigenvalue weighted by Gasteiger charge is 2.08. The zero-order valence-electron chi connectivity index (χ0n) is 8.72. The molecule has 0 bridgehead atoms. The summed E-state index contributed by atoms with van der Waals surface area (Å²) in [6.07, 6.45) is 1.82. The van der Waals surface area contributed by atoms with E-state index in [0.29, 0.717) is 5.92 Å². The zero-order chi connectivity index (χ0) is 10.4. The van der Waals surface area contributed by atoms with Crippen LogP contribution in [0.2, 0.25) is 0 Å². The molecule has 0 unspecified atom stereocenters. The van der Waals surface area contributed by atoms with E-state index in [1.165, 1.54) is 0 Å². The van der Waals surface area contributed by atoms with Crippen LogP contribution in [0.4, 0.5) is 0 Å². The SMILES string of the molecule is CC(C)[C@@H](CO)N=Cc1ccccc1. The van der Waals surface area contributed by atoms with Crippen molar-refractivity contribution in [1.82, 2.24) is 0 Å². The number of aliphatic hydroxyl groups is 1. The highest BCUT2D eigenvalue weighted by Crippen LogP contribution is 2.05. The predicted molar refractivity (Wildman–Crippen MR) is 59.7 cm³/mol. The van der Waals surface area contributed by atoms with E-state index in [0.717, 1.165) is 5.56 Å². The van der Waals surface area contributed by atoms with Gasteiger partial charge in [0.15, 0.2) is 0 Å². The molecule has 0 spiro atoms. The maximum absolute atomic E-state index is 9.06. The Bertz CT molecular complexity index is 280. The predicted octanol–water partition coefficient (Wildman–Crippen LogP) is 2.12. The Labute approximate surface area is 85.3 Å². The van der Waals surface area contributed by atoms with Crippen molar-refractivity contribution in [2.24, 2.45) is 10.9 Å². The molecule has 1 N–H and O–H groups in total. The molecule has 0 heterocycles. The first kappa shape index (κ1) is 10.9. The molecule has 1 rings (SSSR count). The minimum Gasteiger partial charge on any atom is -0.394 e. The topological polar surface area (TPSA) is 32.6 Å². The summed E-state index contributed by atoms with van der Waals surface area (Å²) in [5, 5.41) is 9.06. The lowest BCUT2D eigenvalue weighted by Crippen LogP contribution is -2.17. The molecule has 0 saturated heterocycles. The van der Waals surface area contributed by atoms with Gasteiger partial charge in [0.25, 0.3) is 0 Å². The zero-order valence-corrected chi connectivity index (χ0v) is 8.72. The van der Waals surface area contributed by atoms with Gasteiger partial charge in [-0.15, -0.1) is 0 Å². The lowest BCUT2D eigenvalue weighted by molar-refractivity contribution is 0.240. The number of benzene rings is 1. The van der Waals surface area contributed by atoms with E-state index in [2.05, 4.69) is 18.8 Å². The van der Waals surface area contributed by atoms with Gasteiger partial charge in [-0.2, -0.15) is 0 Å².